The lowest BCUT2D eigenvalue weighted by molar-refractivity contribution is -0.0757. The van der Waals surface area contributed by atoms with Crippen LogP contribution in [-0.2, 0) is 4.84 Å². The Morgan fingerprint density at radius 2 is 2.15 bits per heavy atom. The van der Waals surface area contributed by atoms with E-state index in [2.05, 4.69) is 10.2 Å². The first-order valence-electron chi connectivity index (χ1n) is 3.91. The molecule has 0 unspecified atom stereocenters. The first-order chi connectivity index (χ1) is 6.07. The molecule has 5 heteroatoms. The number of carbonyl (C=O) groups is 1. The summed E-state index contributed by atoms with van der Waals surface area (Å²) in [5, 5.41) is 7.84. The maximum atomic E-state index is 11.6. The molecule has 0 aliphatic carbocycles. The Bertz CT molecular complexity index is 300. The molecule has 0 spiro atoms. The van der Waals surface area contributed by atoms with Crippen molar-refractivity contribution in [2.24, 2.45) is 0 Å². The Labute approximate surface area is 76.6 Å². The van der Waals surface area contributed by atoms with Crippen LogP contribution in [0.1, 0.15) is 21.7 Å². The third-order valence-corrected chi connectivity index (χ3v) is 1.90. The maximum Gasteiger partial charge on any atom is 0.280 e. The maximum absolute atomic E-state index is 11.6. The molecule has 1 N–H and O–H groups in total. The molecular formula is C8H13N3O2. The molecule has 72 valence electrons. The van der Waals surface area contributed by atoms with Crippen LogP contribution in [0.5, 0.6) is 0 Å². The number of hydrogen-bond acceptors (Lipinski definition) is 3. The van der Waals surface area contributed by atoms with E-state index < -0.39 is 0 Å². The summed E-state index contributed by atoms with van der Waals surface area (Å²) in [5.41, 5.74) is 2.02. The number of hydroxylamine groups is 2. The Morgan fingerprint density at radius 3 is 2.54 bits per heavy atom. The predicted molar refractivity (Wildman–Crippen MR) is 47.2 cm³/mol. The predicted octanol–water partition coefficient (Wildman–Crippen LogP) is 0.660. The van der Waals surface area contributed by atoms with E-state index in [1.54, 1.807) is 20.9 Å². The highest BCUT2D eigenvalue weighted by Gasteiger charge is 2.18. The Hall–Kier alpha value is -1.36. The summed E-state index contributed by atoms with van der Waals surface area (Å²) in [6, 6.07) is 0. The molecule has 1 heterocycles. The van der Waals surface area contributed by atoms with Crippen molar-refractivity contribution in [3.8, 4) is 0 Å². The van der Waals surface area contributed by atoms with Gasteiger partial charge in [0.15, 0.2) is 0 Å². The monoisotopic (exact) mass is 183 g/mol. The number of carbonyl (C=O) groups excluding carboxylic acids is 1. The molecular weight excluding hydrogens is 170 g/mol. The minimum Gasteiger partial charge on any atom is -0.282 e. The second-order valence-electron chi connectivity index (χ2n) is 2.79. The van der Waals surface area contributed by atoms with E-state index in [1.165, 1.54) is 12.2 Å². The number of aryl methyl sites for hydroxylation is 2. The van der Waals surface area contributed by atoms with Crippen LogP contribution in [0.2, 0.25) is 0 Å². The molecule has 1 rings (SSSR count). The van der Waals surface area contributed by atoms with Crippen molar-refractivity contribution < 1.29 is 9.63 Å². The lowest BCUT2D eigenvalue weighted by Gasteiger charge is -2.13. The van der Waals surface area contributed by atoms with Crippen LogP contribution in [0.25, 0.3) is 0 Å². The van der Waals surface area contributed by atoms with Crippen molar-refractivity contribution in [2.75, 3.05) is 14.2 Å². The standard InChI is InChI=1S/C8H13N3O2/c1-5-7(6(2)10-9-5)8(12)11(3)13-4/h1-4H3,(H,9,10). The van der Waals surface area contributed by atoms with Crippen molar-refractivity contribution in [1.29, 1.82) is 0 Å². The van der Waals surface area contributed by atoms with Gasteiger partial charge in [-0.2, -0.15) is 5.10 Å². The van der Waals surface area contributed by atoms with E-state index in [0.717, 1.165) is 5.69 Å². The first kappa shape index (κ1) is 9.73. The van der Waals surface area contributed by atoms with Crippen molar-refractivity contribution in [3.05, 3.63) is 17.0 Å². The number of nitrogens with zero attached hydrogens (tertiary/aromatic N) is 2. The highest BCUT2D eigenvalue weighted by atomic mass is 16.7. The van der Waals surface area contributed by atoms with Crippen molar-refractivity contribution >= 4 is 5.91 Å². The topological polar surface area (TPSA) is 58.2 Å². The molecule has 0 aliphatic rings. The lowest BCUT2D eigenvalue weighted by Crippen LogP contribution is -2.26. The minimum atomic E-state index is -0.189. The van der Waals surface area contributed by atoms with Crippen molar-refractivity contribution in [1.82, 2.24) is 15.3 Å². The van der Waals surface area contributed by atoms with Gasteiger partial charge in [0.2, 0.25) is 0 Å². The van der Waals surface area contributed by atoms with Crippen molar-refractivity contribution in [3.63, 3.8) is 0 Å². The van der Waals surface area contributed by atoms with Crippen LogP contribution in [0, 0.1) is 13.8 Å². The summed E-state index contributed by atoms with van der Waals surface area (Å²) in [6.45, 7) is 3.58. The summed E-state index contributed by atoms with van der Waals surface area (Å²) in [7, 11) is 3.01. The molecule has 1 aromatic rings. The third-order valence-electron chi connectivity index (χ3n) is 1.90. The summed E-state index contributed by atoms with van der Waals surface area (Å²) < 4.78 is 0. The minimum absolute atomic E-state index is 0.189. The molecule has 0 bridgehead atoms. The molecule has 13 heavy (non-hydrogen) atoms. The fraction of sp³-hybridized carbons (Fsp3) is 0.500. The van der Waals surface area contributed by atoms with E-state index in [1.807, 2.05) is 0 Å². The van der Waals surface area contributed by atoms with E-state index in [4.69, 9.17) is 4.84 Å². The first-order valence-corrected chi connectivity index (χ1v) is 3.91. The lowest BCUT2D eigenvalue weighted by atomic mass is 10.2. The molecule has 0 saturated carbocycles. The molecule has 0 aliphatic heterocycles. The van der Waals surface area contributed by atoms with Gasteiger partial charge in [0.25, 0.3) is 5.91 Å². The Morgan fingerprint density at radius 1 is 1.54 bits per heavy atom. The average Bonchev–Trinajstić information content (AvgIpc) is 2.44. The van der Waals surface area contributed by atoms with E-state index in [-0.39, 0.29) is 5.91 Å². The van der Waals surface area contributed by atoms with Gasteiger partial charge in [-0.15, -0.1) is 0 Å². The molecule has 5 nitrogen and oxygen atoms in total. The molecule has 1 aromatic heterocycles. The number of nitrogens with one attached hydrogen (secondary N) is 1. The van der Waals surface area contributed by atoms with E-state index >= 15 is 0 Å². The fourth-order valence-electron chi connectivity index (χ4n) is 1.11. The normalized spacial score (nSPS) is 10.2. The van der Waals surface area contributed by atoms with Gasteiger partial charge in [0, 0.05) is 12.7 Å². The van der Waals surface area contributed by atoms with Crippen LogP contribution in [0.4, 0.5) is 0 Å². The Kier molecular flexibility index (Phi) is 2.67. The van der Waals surface area contributed by atoms with Gasteiger partial charge in [-0.1, -0.05) is 0 Å². The van der Waals surface area contributed by atoms with Gasteiger partial charge in [0.05, 0.1) is 18.4 Å². The molecule has 0 saturated heterocycles. The number of amides is 1. The number of aromatic nitrogens is 2. The van der Waals surface area contributed by atoms with Gasteiger partial charge in [0.1, 0.15) is 0 Å². The van der Waals surface area contributed by atoms with Crippen molar-refractivity contribution in [2.45, 2.75) is 13.8 Å². The van der Waals surface area contributed by atoms with Gasteiger partial charge >= 0.3 is 0 Å². The summed E-state index contributed by atoms with van der Waals surface area (Å²) in [4.78, 5) is 16.4. The van der Waals surface area contributed by atoms with Crippen LogP contribution in [0.15, 0.2) is 0 Å². The van der Waals surface area contributed by atoms with Gasteiger partial charge in [-0.05, 0) is 13.8 Å². The average molecular weight is 183 g/mol. The van der Waals surface area contributed by atoms with Crippen LogP contribution >= 0.6 is 0 Å². The number of rotatable bonds is 2. The number of H-pyrrole nitrogens is 1. The van der Waals surface area contributed by atoms with E-state index in [0.29, 0.717) is 11.3 Å². The molecule has 1 amide bonds. The fourth-order valence-corrected chi connectivity index (χ4v) is 1.11. The molecule has 0 radical (unpaired) electrons. The van der Waals surface area contributed by atoms with Gasteiger partial charge in [-0.3, -0.25) is 14.7 Å². The summed E-state index contributed by atoms with van der Waals surface area (Å²) >= 11 is 0. The highest BCUT2D eigenvalue weighted by Crippen LogP contribution is 2.11. The van der Waals surface area contributed by atoms with Gasteiger partial charge < -0.3 is 0 Å². The number of hydrogen-bond donors (Lipinski definition) is 1. The third kappa shape index (κ3) is 1.70. The second kappa shape index (κ2) is 3.57. The Balaban J connectivity index is 3.01. The zero-order valence-electron chi connectivity index (χ0n) is 8.21. The van der Waals surface area contributed by atoms with Crippen LogP contribution in [-0.4, -0.2) is 35.3 Å². The summed E-state index contributed by atoms with van der Waals surface area (Å²) in [5.74, 6) is -0.189. The highest BCUT2D eigenvalue weighted by molar-refractivity contribution is 5.95. The number of aromatic amines is 1. The second-order valence-corrected chi connectivity index (χ2v) is 2.79. The summed E-state index contributed by atoms with van der Waals surface area (Å²) in [6.07, 6.45) is 0. The van der Waals surface area contributed by atoms with Gasteiger partial charge in [-0.25, -0.2) is 5.06 Å². The smallest absolute Gasteiger partial charge is 0.280 e. The van der Waals surface area contributed by atoms with Crippen LogP contribution < -0.4 is 0 Å². The molecule has 0 aromatic carbocycles. The zero-order valence-corrected chi connectivity index (χ0v) is 8.21. The SMILES string of the molecule is CON(C)C(=O)c1c(C)n[nH]c1C. The quantitative estimate of drug-likeness (QED) is 0.685. The zero-order chi connectivity index (χ0) is 10.0. The molecule has 0 atom stereocenters. The van der Waals surface area contributed by atoms with Crippen LogP contribution in [0.3, 0.4) is 0 Å². The van der Waals surface area contributed by atoms with E-state index in [9.17, 15) is 4.79 Å². The largest absolute Gasteiger partial charge is 0.282 e. The molecule has 0 fully saturated rings.